The smallest absolute Gasteiger partial charge is 0.285 e. The van der Waals surface area contributed by atoms with E-state index in [0.717, 1.165) is 16.7 Å². The average molecular weight is 410 g/mol. The molecule has 0 saturated carbocycles. The molecule has 1 aromatic carbocycles. The van der Waals surface area contributed by atoms with Gasteiger partial charge in [0.1, 0.15) is 18.2 Å². The van der Waals surface area contributed by atoms with Crippen molar-refractivity contribution >= 4 is 5.91 Å². The third kappa shape index (κ3) is 4.46. The van der Waals surface area contributed by atoms with Crippen LogP contribution in [0.15, 0.2) is 23.0 Å². The first kappa shape index (κ1) is 21.4. The maximum absolute atomic E-state index is 12.7. The number of aryl methyl sites for hydroxylation is 1. The number of fused-ring (bicyclic) bond motifs is 1. The van der Waals surface area contributed by atoms with Crippen LogP contribution in [0.4, 0.5) is 0 Å². The molecule has 0 saturated heterocycles. The lowest BCUT2D eigenvalue weighted by Crippen LogP contribution is -2.38. The molecular formula is C22H26N4O4. The number of rotatable bonds is 5. The largest absolute Gasteiger partial charge is 0.490 e. The number of carbonyl (C=O) groups excluding carboxylic acids is 1. The number of carbonyl (C=O) groups is 1. The predicted molar refractivity (Wildman–Crippen MR) is 110 cm³/mol. The van der Waals surface area contributed by atoms with Crippen LogP contribution in [0.5, 0.6) is 11.5 Å². The maximum Gasteiger partial charge on any atom is 0.285 e. The zero-order valence-corrected chi connectivity index (χ0v) is 17.7. The molecule has 8 heteroatoms. The molecule has 0 unspecified atom stereocenters. The van der Waals surface area contributed by atoms with Gasteiger partial charge in [0.25, 0.3) is 5.56 Å². The first-order chi connectivity index (χ1) is 14.3. The first-order valence-electron chi connectivity index (χ1n) is 9.99. The Morgan fingerprint density at radius 3 is 2.63 bits per heavy atom. The van der Waals surface area contributed by atoms with Crippen molar-refractivity contribution in [3.63, 3.8) is 0 Å². The highest BCUT2D eigenvalue weighted by Crippen LogP contribution is 2.34. The lowest BCUT2D eigenvalue weighted by molar-refractivity contribution is -0.123. The molecule has 30 heavy (non-hydrogen) atoms. The van der Waals surface area contributed by atoms with Gasteiger partial charge in [-0.25, -0.2) is 4.68 Å². The normalized spacial score (nSPS) is 14.0. The van der Waals surface area contributed by atoms with Gasteiger partial charge in [-0.05, 0) is 43.0 Å². The summed E-state index contributed by atoms with van der Waals surface area (Å²) in [4.78, 5) is 25.2. The summed E-state index contributed by atoms with van der Waals surface area (Å²) in [5.41, 5.74) is 1.42. The van der Waals surface area contributed by atoms with Crippen molar-refractivity contribution in [2.75, 3.05) is 13.2 Å². The second-order valence-electron chi connectivity index (χ2n) is 7.71. The third-order valence-electron chi connectivity index (χ3n) is 5.16. The van der Waals surface area contributed by atoms with Gasteiger partial charge >= 0.3 is 0 Å². The lowest BCUT2D eigenvalue weighted by atomic mass is 9.95. The molecule has 3 rings (SSSR count). The zero-order chi connectivity index (χ0) is 21.8. The monoisotopic (exact) mass is 410 g/mol. The molecule has 8 nitrogen and oxygen atoms in total. The molecule has 0 radical (unpaired) electrons. The Morgan fingerprint density at radius 1 is 1.27 bits per heavy atom. The van der Waals surface area contributed by atoms with Crippen LogP contribution in [0.1, 0.15) is 48.7 Å². The predicted octanol–water partition coefficient (Wildman–Crippen LogP) is 2.41. The van der Waals surface area contributed by atoms with Gasteiger partial charge < -0.3 is 14.8 Å². The highest BCUT2D eigenvalue weighted by Gasteiger charge is 2.22. The van der Waals surface area contributed by atoms with Crippen molar-refractivity contribution in [1.82, 2.24) is 15.1 Å². The Balaban J connectivity index is 1.82. The Morgan fingerprint density at radius 2 is 1.97 bits per heavy atom. The molecule has 2 aromatic rings. The van der Waals surface area contributed by atoms with E-state index in [1.165, 1.54) is 0 Å². The van der Waals surface area contributed by atoms with Crippen molar-refractivity contribution in [1.29, 1.82) is 5.26 Å². The molecule has 1 aliphatic rings. The molecule has 158 valence electrons. The van der Waals surface area contributed by atoms with Crippen molar-refractivity contribution in [3.8, 4) is 17.6 Å². The van der Waals surface area contributed by atoms with Crippen LogP contribution in [0.2, 0.25) is 0 Å². The third-order valence-corrected chi connectivity index (χ3v) is 5.16. The molecule has 1 aliphatic heterocycles. The quantitative estimate of drug-likeness (QED) is 0.811. The summed E-state index contributed by atoms with van der Waals surface area (Å²) in [6.45, 7) is 8.31. The maximum atomic E-state index is 12.7. The van der Waals surface area contributed by atoms with Crippen LogP contribution >= 0.6 is 0 Å². The Bertz CT molecular complexity index is 1050. The van der Waals surface area contributed by atoms with E-state index in [2.05, 4.69) is 10.4 Å². The fourth-order valence-corrected chi connectivity index (χ4v) is 3.37. The van der Waals surface area contributed by atoms with Crippen LogP contribution in [0.25, 0.3) is 0 Å². The SMILES string of the molecule is Cc1nn(CC(=O)N[C@@H](c2ccc3c(c2)OCCCO3)C(C)C)c(=O)c(C#N)c1C. The lowest BCUT2D eigenvalue weighted by Gasteiger charge is -2.24. The number of nitrogens with zero attached hydrogens (tertiary/aromatic N) is 3. The van der Waals surface area contributed by atoms with E-state index in [9.17, 15) is 14.9 Å². The molecule has 1 N–H and O–H groups in total. The summed E-state index contributed by atoms with van der Waals surface area (Å²) >= 11 is 0. The molecule has 1 atom stereocenters. The van der Waals surface area contributed by atoms with Gasteiger partial charge in [0.2, 0.25) is 5.91 Å². The summed E-state index contributed by atoms with van der Waals surface area (Å²) < 4.78 is 12.5. The number of ether oxygens (including phenoxy) is 2. The van der Waals surface area contributed by atoms with Gasteiger partial charge in [0.15, 0.2) is 11.5 Å². The van der Waals surface area contributed by atoms with E-state index in [0.29, 0.717) is 36.0 Å². The van der Waals surface area contributed by atoms with E-state index in [1.807, 2.05) is 38.1 Å². The molecule has 2 heterocycles. The van der Waals surface area contributed by atoms with E-state index in [1.54, 1.807) is 13.8 Å². The number of nitrogens with one attached hydrogen (secondary N) is 1. The summed E-state index contributed by atoms with van der Waals surface area (Å²) in [5, 5.41) is 16.4. The van der Waals surface area contributed by atoms with Crippen LogP contribution in [0.3, 0.4) is 0 Å². The number of nitriles is 1. The van der Waals surface area contributed by atoms with E-state index in [4.69, 9.17) is 9.47 Å². The zero-order valence-electron chi connectivity index (χ0n) is 17.7. The Hall–Kier alpha value is -3.34. The Kier molecular flexibility index (Phi) is 6.40. The molecule has 1 aromatic heterocycles. The number of hydrogen-bond acceptors (Lipinski definition) is 6. The number of benzene rings is 1. The summed E-state index contributed by atoms with van der Waals surface area (Å²) in [6.07, 6.45) is 0.816. The standard InChI is InChI=1S/C22H26N4O4/c1-13(2)21(16-6-7-18-19(10-16)30-9-5-8-29-18)24-20(27)12-26-22(28)17(11-23)14(3)15(4)25-26/h6-7,10,13,21H,5,8-9,12H2,1-4H3,(H,24,27)/t21-/m1/s1. The number of amides is 1. The minimum atomic E-state index is -0.563. The van der Waals surface area contributed by atoms with Crippen molar-refractivity contribution < 1.29 is 14.3 Å². The summed E-state index contributed by atoms with van der Waals surface area (Å²) in [5.74, 6) is 1.09. The second-order valence-corrected chi connectivity index (χ2v) is 7.71. The van der Waals surface area contributed by atoms with Crippen LogP contribution in [-0.4, -0.2) is 28.9 Å². The van der Waals surface area contributed by atoms with Crippen molar-refractivity contribution in [2.24, 2.45) is 5.92 Å². The molecule has 1 amide bonds. The molecular weight excluding hydrogens is 384 g/mol. The van der Waals surface area contributed by atoms with E-state index < -0.39 is 5.56 Å². The number of hydrogen-bond donors (Lipinski definition) is 1. The van der Waals surface area contributed by atoms with Gasteiger partial charge in [-0.2, -0.15) is 10.4 Å². The van der Waals surface area contributed by atoms with Crippen molar-refractivity contribution in [3.05, 3.63) is 50.9 Å². The number of aromatic nitrogens is 2. The Labute approximate surface area is 175 Å². The topological polar surface area (TPSA) is 106 Å². The molecule has 0 bridgehead atoms. The highest BCUT2D eigenvalue weighted by atomic mass is 16.5. The molecule has 0 fully saturated rings. The van der Waals surface area contributed by atoms with Crippen LogP contribution in [-0.2, 0) is 11.3 Å². The van der Waals surface area contributed by atoms with Gasteiger partial charge in [-0.1, -0.05) is 19.9 Å². The van der Waals surface area contributed by atoms with E-state index in [-0.39, 0.29) is 30.0 Å². The van der Waals surface area contributed by atoms with Crippen molar-refractivity contribution in [2.45, 2.75) is 46.7 Å². The van der Waals surface area contributed by atoms with Crippen LogP contribution < -0.4 is 20.3 Å². The summed E-state index contributed by atoms with van der Waals surface area (Å²) in [7, 11) is 0. The van der Waals surface area contributed by atoms with Gasteiger partial charge in [0, 0.05) is 6.42 Å². The molecule has 0 aliphatic carbocycles. The average Bonchev–Trinajstić information content (AvgIpc) is 2.95. The molecule has 0 spiro atoms. The fraction of sp³-hybridized carbons (Fsp3) is 0.455. The van der Waals surface area contributed by atoms with Crippen LogP contribution in [0, 0.1) is 31.1 Å². The minimum Gasteiger partial charge on any atom is -0.490 e. The summed E-state index contributed by atoms with van der Waals surface area (Å²) in [6, 6.07) is 7.27. The van der Waals surface area contributed by atoms with Gasteiger partial charge in [-0.3, -0.25) is 9.59 Å². The first-order valence-corrected chi connectivity index (χ1v) is 9.99. The van der Waals surface area contributed by atoms with Gasteiger partial charge in [0.05, 0.1) is 24.9 Å². The fourth-order valence-electron chi connectivity index (χ4n) is 3.37. The highest BCUT2D eigenvalue weighted by molar-refractivity contribution is 5.76. The van der Waals surface area contributed by atoms with Gasteiger partial charge in [-0.15, -0.1) is 0 Å². The van der Waals surface area contributed by atoms with E-state index >= 15 is 0 Å². The minimum absolute atomic E-state index is 0.0126. The second kappa shape index (κ2) is 8.99.